The molecule has 27 heavy (non-hydrogen) atoms. The fourth-order valence-electron chi connectivity index (χ4n) is 4.86. The summed E-state index contributed by atoms with van der Waals surface area (Å²) in [6.07, 6.45) is 5.93. The molecule has 1 aromatic rings. The first-order chi connectivity index (χ1) is 13.0. The zero-order valence-electron chi connectivity index (χ0n) is 16.6. The van der Waals surface area contributed by atoms with E-state index in [1.807, 2.05) is 11.0 Å². The predicted molar refractivity (Wildman–Crippen MR) is 107 cm³/mol. The van der Waals surface area contributed by atoms with E-state index in [0.717, 1.165) is 37.9 Å². The minimum atomic E-state index is -0.496. The number of benzene rings is 1. The molecule has 3 aliphatic rings. The highest BCUT2D eigenvalue weighted by Gasteiger charge is 2.40. The average molecular weight is 370 g/mol. The Morgan fingerprint density at radius 2 is 1.63 bits per heavy atom. The van der Waals surface area contributed by atoms with E-state index in [0.29, 0.717) is 13.0 Å². The fraction of sp³-hybridized carbons (Fsp3) is 0.636. The zero-order valence-corrected chi connectivity index (χ0v) is 16.6. The smallest absolute Gasteiger partial charge is 0.239 e. The molecular weight excluding hydrogens is 338 g/mol. The molecule has 1 aliphatic carbocycles. The van der Waals surface area contributed by atoms with Gasteiger partial charge in [0.15, 0.2) is 0 Å². The van der Waals surface area contributed by atoms with Gasteiger partial charge in [-0.3, -0.25) is 14.5 Å². The normalized spacial score (nSPS) is 24.8. The lowest BCUT2D eigenvalue weighted by atomic mass is 10.1. The molecule has 0 bridgehead atoms. The van der Waals surface area contributed by atoms with Gasteiger partial charge in [-0.05, 0) is 56.4 Å². The van der Waals surface area contributed by atoms with Crippen LogP contribution in [0.15, 0.2) is 18.2 Å². The van der Waals surface area contributed by atoms with E-state index < -0.39 is 5.92 Å². The molecule has 1 atom stereocenters. The molecular formula is C22H31N3O2. The number of carbonyl (C=O) groups excluding carboxylic acids is 2. The molecule has 5 heteroatoms. The highest BCUT2D eigenvalue weighted by Crippen LogP contribution is 2.29. The van der Waals surface area contributed by atoms with Gasteiger partial charge in [0, 0.05) is 44.5 Å². The maximum atomic E-state index is 13.0. The number of amides is 2. The summed E-state index contributed by atoms with van der Waals surface area (Å²) in [7, 11) is 0. The van der Waals surface area contributed by atoms with E-state index in [1.54, 1.807) is 4.90 Å². The van der Waals surface area contributed by atoms with Crippen molar-refractivity contribution in [1.29, 1.82) is 0 Å². The first-order valence-corrected chi connectivity index (χ1v) is 10.5. The standard InChI is InChI=1S/C22H31N3O2/c1-16-7-8-19(15-17(16)2)25-10-9-20(22(25)27)21(26)24-13-11-23(12-14-24)18-5-3-4-6-18/h7-8,15,18,20H,3-6,9-14H2,1-2H3. The number of nitrogens with zero attached hydrogens (tertiary/aromatic N) is 3. The van der Waals surface area contributed by atoms with Crippen LogP contribution in [0.25, 0.3) is 0 Å². The van der Waals surface area contributed by atoms with Gasteiger partial charge in [-0.25, -0.2) is 0 Å². The van der Waals surface area contributed by atoms with Gasteiger partial charge < -0.3 is 9.80 Å². The topological polar surface area (TPSA) is 43.9 Å². The van der Waals surface area contributed by atoms with E-state index in [2.05, 4.69) is 30.9 Å². The second-order valence-corrected chi connectivity index (χ2v) is 8.40. The van der Waals surface area contributed by atoms with Crippen LogP contribution in [0.2, 0.25) is 0 Å². The highest BCUT2D eigenvalue weighted by molar-refractivity contribution is 6.09. The van der Waals surface area contributed by atoms with Gasteiger partial charge in [0.25, 0.3) is 0 Å². The quantitative estimate of drug-likeness (QED) is 0.770. The van der Waals surface area contributed by atoms with Crippen LogP contribution in [-0.2, 0) is 9.59 Å². The van der Waals surface area contributed by atoms with Gasteiger partial charge in [0.05, 0.1) is 0 Å². The van der Waals surface area contributed by atoms with E-state index in [9.17, 15) is 9.59 Å². The molecule has 0 aromatic heterocycles. The molecule has 5 nitrogen and oxygen atoms in total. The number of hydrogen-bond donors (Lipinski definition) is 0. The molecule has 2 heterocycles. The van der Waals surface area contributed by atoms with Crippen molar-refractivity contribution in [2.75, 3.05) is 37.6 Å². The van der Waals surface area contributed by atoms with E-state index in [4.69, 9.17) is 0 Å². The largest absolute Gasteiger partial charge is 0.339 e. The molecule has 2 saturated heterocycles. The lowest BCUT2D eigenvalue weighted by Crippen LogP contribution is -2.53. The van der Waals surface area contributed by atoms with Gasteiger partial charge in [0.1, 0.15) is 5.92 Å². The molecule has 1 unspecified atom stereocenters. The van der Waals surface area contributed by atoms with Crippen molar-refractivity contribution in [2.45, 2.75) is 52.0 Å². The van der Waals surface area contributed by atoms with Gasteiger partial charge >= 0.3 is 0 Å². The molecule has 2 aliphatic heterocycles. The van der Waals surface area contributed by atoms with Crippen molar-refractivity contribution in [3.63, 3.8) is 0 Å². The first kappa shape index (κ1) is 18.5. The van der Waals surface area contributed by atoms with Gasteiger partial charge in [0.2, 0.25) is 11.8 Å². The fourth-order valence-corrected chi connectivity index (χ4v) is 4.86. The molecule has 2 amide bonds. The molecule has 1 saturated carbocycles. The third-order valence-electron chi connectivity index (χ3n) is 6.77. The Kier molecular flexibility index (Phi) is 5.22. The van der Waals surface area contributed by atoms with Crippen molar-refractivity contribution < 1.29 is 9.59 Å². The summed E-state index contributed by atoms with van der Waals surface area (Å²) in [6.45, 7) is 8.22. The number of piperazine rings is 1. The number of aryl methyl sites for hydroxylation is 2. The second-order valence-electron chi connectivity index (χ2n) is 8.40. The lowest BCUT2D eigenvalue weighted by molar-refractivity contribution is -0.141. The Morgan fingerprint density at radius 1 is 0.926 bits per heavy atom. The molecule has 146 valence electrons. The van der Waals surface area contributed by atoms with E-state index in [1.165, 1.54) is 36.8 Å². The monoisotopic (exact) mass is 369 g/mol. The maximum absolute atomic E-state index is 13.0. The third kappa shape index (κ3) is 3.62. The summed E-state index contributed by atoms with van der Waals surface area (Å²) >= 11 is 0. The number of anilines is 1. The van der Waals surface area contributed by atoms with Crippen molar-refractivity contribution in [2.24, 2.45) is 5.92 Å². The summed E-state index contributed by atoms with van der Waals surface area (Å²) in [5.74, 6) is -0.483. The molecule has 0 N–H and O–H groups in total. The summed E-state index contributed by atoms with van der Waals surface area (Å²) in [4.78, 5) is 32.2. The van der Waals surface area contributed by atoms with Crippen LogP contribution in [0, 0.1) is 19.8 Å². The third-order valence-corrected chi connectivity index (χ3v) is 6.77. The minimum Gasteiger partial charge on any atom is -0.339 e. The van der Waals surface area contributed by atoms with Crippen LogP contribution < -0.4 is 4.90 Å². The van der Waals surface area contributed by atoms with Crippen LogP contribution in [0.4, 0.5) is 5.69 Å². The molecule has 1 aromatic carbocycles. The second kappa shape index (κ2) is 7.63. The van der Waals surface area contributed by atoms with Crippen molar-refractivity contribution >= 4 is 17.5 Å². The SMILES string of the molecule is Cc1ccc(N2CCC(C(=O)N3CCN(C4CCCC4)CC3)C2=O)cc1C. The number of hydrogen-bond acceptors (Lipinski definition) is 3. The number of rotatable bonds is 3. The molecule has 0 spiro atoms. The number of carbonyl (C=O) groups is 2. The van der Waals surface area contributed by atoms with Crippen molar-refractivity contribution in [3.05, 3.63) is 29.3 Å². The Hall–Kier alpha value is -1.88. The Morgan fingerprint density at radius 3 is 2.30 bits per heavy atom. The molecule has 3 fully saturated rings. The summed E-state index contributed by atoms with van der Waals surface area (Å²) < 4.78 is 0. The van der Waals surface area contributed by atoms with Crippen LogP contribution in [-0.4, -0.2) is 60.4 Å². The minimum absolute atomic E-state index is 0.0264. The highest BCUT2D eigenvalue weighted by atomic mass is 16.2. The summed E-state index contributed by atoms with van der Waals surface area (Å²) in [5, 5.41) is 0. The average Bonchev–Trinajstić information content (AvgIpc) is 3.34. The predicted octanol–water partition coefficient (Wildman–Crippen LogP) is 2.74. The van der Waals surface area contributed by atoms with E-state index in [-0.39, 0.29) is 11.8 Å². The Balaban J connectivity index is 1.37. The Bertz CT molecular complexity index is 718. The zero-order chi connectivity index (χ0) is 19.0. The molecule has 0 radical (unpaired) electrons. The first-order valence-electron chi connectivity index (χ1n) is 10.5. The summed E-state index contributed by atoms with van der Waals surface area (Å²) in [6, 6.07) is 6.82. The van der Waals surface area contributed by atoms with Gasteiger partial charge in [-0.15, -0.1) is 0 Å². The van der Waals surface area contributed by atoms with Crippen molar-refractivity contribution in [1.82, 2.24) is 9.80 Å². The van der Waals surface area contributed by atoms with Crippen LogP contribution in [0.5, 0.6) is 0 Å². The van der Waals surface area contributed by atoms with Crippen LogP contribution in [0.3, 0.4) is 0 Å². The maximum Gasteiger partial charge on any atom is 0.239 e. The molecule has 4 rings (SSSR count). The van der Waals surface area contributed by atoms with Crippen LogP contribution >= 0.6 is 0 Å². The lowest BCUT2D eigenvalue weighted by Gasteiger charge is -2.38. The van der Waals surface area contributed by atoms with Crippen molar-refractivity contribution in [3.8, 4) is 0 Å². The van der Waals surface area contributed by atoms with Gasteiger partial charge in [-0.2, -0.15) is 0 Å². The van der Waals surface area contributed by atoms with Crippen LogP contribution in [0.1, 0.15) is 43.2 Å². The Labute approximate surface area is 162 Å². The van der Waals surface area contributed by atoms with E-state index >= 15 is 0 Å². The summed E-state index contributed by atoms with van der Waals surface area (Å²) in [5.41, 5.74) is 3.32. The van der Waals surface area contributed by atoms with Gasteiger partial charge in [-0.1, -0.05) is 18.9 Å².